The molecule has 2 saturated heterocycles. The number of carbonyl (C=O) groups is 4. The van der Waals surface area contributed by atoms with E-state index in [1.54, 1.807) is 91.0 Å². The number of urea groups is 1. The molecule has 2 aliphatic rings. The van der Waals surface area contributed by atoms with E-state index in [1.165, 1.54) is 4.90 Å². The summed E-state index contributed by atoms with van der Waals surface area (Å²) in [5.41, 5.74) is 0.779. The highest BCUT2D eigenvalue weighted by Gasteiger charge is 2.53. The topological polar surface area (TPSA) is 141 Å². The number of β-amino-alcohol motifs (C(OH)–C–C–N with tert-alkyl or cyclic N) is 1. The molecule has 2 heterocycles. The van der Waals surface area contributed by atoms with Crippen LogP contribution in [0.2, 0.25) is 0 Å². The molecule has 0 aromatic heterocycles. The molecule has 2 aliphatic heterocycles. The molecule has 3 aromatic rings. The monoisotopic (exact) mass is 574 g/mol. The van der Waals surface area contributed by atoms with E-state index >= 15 is 0 Å². The third kappa shape index (κ3) is 6.76. The molecule has 0 spiro atoms. The zero-order valence-corrected chi connectivity index (χ0v) is 22.5. The summed E-state index contributed by atoms with van der Waals surface area (Å²) in [6.45, 7) is -0.275. The summed E-state index contributed by atoms with van der Waals surface area (Å²) in [5, 5.41) is 12.8. The molecule has 0 aliphatic carbocycles. The van der Waals surface area contributed by atoms with Crippen LogP contribution < -0.4 is 5.32 Å². The Labute approximate surface area is 241 Å². The van der Waals surface area contributed by atoms with Crippen molar-refractivity contribution in [2.24, 2.45) is 0 Å². The minimum absolute atomic E-state index is 0.0288. The molecule has 2 fully saturated rings. The van der Waals surface area contributed by atoms with Crippen molar-refractivity contribution in [2.75, 3.05) is 19.7 Å². The molecule has 2 amide bonds. The van der Waals surface area contributed by atoms with Crippen LogP contribution in [0, 0.1) is 0 Å². The number of aliphatic hydroxyl groups is 1. The Morgan fingerprint density at radius 3 is 1.83 bits per heavy atom. The van der Waals surface area contributed by atoms with Gasteiger partial charge in [0.25, 0.3) is 0 Å². The lowest BCUT2D eigenvalue weighted by Crippen LogP contribution is -2.52. The van der Waals surface area contributed by atoms with Gasteiger partial charge in [-0.3, -0.25) is 4.90 Å². The lowest BCUT2D eigenvalue weighted by molar-refractivity contribution is -0.0852. The molecule has 2 N–H and O–H groups in total. The number of esters is 3. The standard InChI is InChI=1S/C31H30N2O9/c34-23-16-17-33(31(38)32-18-23)27-26(42-30(37)22-14-8-3-9-15-22)25(41-29(36)21-12-6-2-7-13-21)24(40-27)19-39-28(35)20-10-4-1-5-11-20/h1-15,23-27,34H,16-19H2,(H,32,38)/t23?,24-,25-,26-,27-/m1/s1. The van der Waals surface area contributed by atoms with E-state index in [1.807, 2.05) is 0 Å². The number of hydrogen-bond acceptors (Lipinski definition) is 9. The molecule has 1 unspecified atom stereocenters. The Morgan fingerprint density at radius 2 is 1.29 bits per heavy atom. The van der Waals surface area contributed by atoms with E-state index in [9.17, 15) is 24.3 Å². The second-order valence-electron chi connectivity index (χ2n) is 9.82. The maximum atomic E-state index is 13.2. The number of nitrogens with one attached hydrogen (secondary N) is 1. The van der Waals surface area contributed by atoms with Gasteiger partial charge in [-0.15, -0.1) is 0 Å². The number of amides is 2. The largest absolute Gasteiger partial charge is 0.459 e. The minimum Gasteiger partial charge on any atom is -0.459 e. The zero-order chi connectivity index (χ0) is 29.5. The lowest BCUT2D eigenvalue weighted by atomic mass is 10.1. The highest BCUT2D eigenvalue weighted by molar-refractivity contribution is 5.91. The molecule has 5 rings (SSSR count). The lowest BCUT2D eigenvalue weighted by Gasteiger charge is -2.31. The fourth-order valence-electron chi connectivity index (χ4n) is 4.75. The third-order valence-electron chi connectivity index (χ3n) is 6.94. The van der Waals surface area contributed by atoms with Crippen LogP contribution in [-0.4, -0.2) is 84.3 Å². The summed E-state index contributed by atoms with van der Waals surface area (Å²) in [6.07, 6.45) is -5.46. The first-order valence-electron chi connectivity index (χ1n) is 13.5. The van der Waals surface area contributed by atoms with Crippen molar-refractivity contribution < 1.29 is 43.2 Å². The van der Waals surface area contributed by atoms with Crippen molar-refractivity contribution in [3.8, 4) is 0 Å². The van der Waals surface area contributed by atoms with Gasteiger partial charge in [0.05, 0.1) is 22.8 Å². The molecule has 0 radical (unpaired) electrons. The smallest absolute Gasteiger partial charge is 0.338 e. The second kappa shape index (κ2) is 13.3. The fourth-order valence-corrected chi connectivity index (χ4v) is 4.75. The van der Waals surface area contributed by atoms with E-state index in [0.29, 0.717) is 5.56 Å². The van der Waals surface area contributed by atoms with Crippen LogP contribution in [0.25, 0.3) is 0 Å². The van der Waals surface area contributed by atoms with E-state index in [2.05, 4.69) is 5.32 Å². The van der Waals surface area contributed by atoms with Crippen molar-refractivity contribution >= 4 is 23.9 Å². The predicted molar refractivity (Wildman–Crippen MR) is 147 cm³/mol. The Kier molecular flexibility index (Phi) is 9.10. The van der Waals surface area contributed by atoms with Crippen LogP contribution in [0.3, 0.4) is 0 Å². The molecule has 11 nitrogen and oxygen atoms in total. The van der Waals surface area contributed by atoms with Crippen LogP contribution >= 0.6 is 0 Å². The van der Waals surface area contributed by atoms with Crippen LogP contribution in [0.5, 0.6) is 0 Å². The Hall–Kier alpha value is -4.74. The third-order valence-corrected chi connectivity index (χ3v) is 6.94. The first-order valence-corrected chi connectivity index (χ1v) is 13.5. The zero-order valence-electron chi connectivity index (χ0n) is 22.5. The number of benzene rings is 3. The molecular formula is C31H30N2O9. The van der Waals surface area contributed by atoms with Gasteiger partial charge in [0.1, 0.15) is 12.7 Å². The van der Waals surface area contributed by atoms with Gasteiger partial charge in [-0.2, -0.15) is 0 Å². The van der Waals surface area contributed by atoms with Crippen molar-refractivity contribution in [2.45, 2.75) is 37.1 Å². The number of rotatable bonds is 8. The molecule has 5 atom stereocenters. The van der Waals surface area contributed by atoms with E-state index in [0.717, 1.165) is 0 Å². The average molecular weight is 575 g/mol. The summed E-state index contributed by atoms with van der Waals surface area (Å²) in [6, 6.07) is 24.2. The van der Waals surface area contributed by atoms with E-state index in [-0.39, 0.29) is 37.2 Å². The summed E-state index contributed by atoms with van der Waals surface area (Å²) >= 11 is 0. The normalized spacial score (nSPS) is 23.8. The molecule has 0 bridgehead atoms. The first-order chi connectivity index (χ1) is 20.4. The highest BCUT2D eigenvalue weighted by atomic mass is 16.7. The van der Waals surface area contributed by atoms with Gasteiger partial charge >= 0.3 is 23.9 Å². The van der Waals surface area contributed by atoms with Gasteiger partial charge in [0.15, 0.2) is 18.4 Å². The quantitative estimate of drug-likeness (QED) is 0.307. The van der Waals surface area contributed by atoms with Gasteiger partial charge < -0.3 is 29.4 Å². The number of hydrogen-bond donors (Lipinski definition) is 2. The predicted octanol–water partition coefficient (Wildman–Crippen LogP) is 2.80. The fraction of sp³-hybridized carbons (Fsp3) is 0.290. The molecule has 11 heteroatoms. The van der Waals surface area contributed by atoms with Crippen molar-refractivity contribution in [1.29, 1.82) is 0 Å². The Morgan fingerprint density at radius 1 is 0.786 bits per heavy atom. The number of carbonyl (C=O) groups excluding carboxylic acids is 4. The van der Waals surface area contributed by atoms with Gasteiger partial charge in [-0.1, -0.05) is 54.6 Å². The summed E-state index contributed by atoms with van der Waals surface area (Å²) in [5.74, 6) is -2.09. The van der Waals surface area contributed by atoms with Gasteiger partial charge in [-0.25, -0.2) is 19.2 Å². The molecule has 3 aromatic carbocycles. The van der Waals surface area contributed by atoms with Crippen molar-refractivity contribution in [3.05, 3.63) is 108 Å². The maximum Gasteiger partial charge on any atom is 0.338 e. The molecule has 0 saturated carbocycles. The number of aliphatic hydroxyl groups excluding tert-OH is 1. The van der Waals surface area contributed by atoms with Gasteiger partial charge in [0, 0.05) is 13.1 Å². The molecule has 42 heavy (non-hydrogen) atoms. The van der Waals surface area contributed by atoms with Crippen LogP contribution in [0.4, 0.5) is 4.79 Å². The second-order valence-corrected chi connectivity index (χ2v) is 9.82. The van der Waals surface area contributed by atoms with E-state index < -0.39 is 54.6 Å². The van der Waals surface area contributed by atoms with Gasteiger partial charge in [-0.05, 0) is 42.8 Å². The first kappa shape index (κ1) is 28.8. The summed E-state index contributed by atoms with van der Waals surface area (Å²) in [7, 11) is 0. The molecular weight excluding hydrogens is 544 g/mol. The molecule has 218 valence electrons. The Balaban J connectivity index is 1.46. The summed E-state index contributed by atoms with van der Waals surface area (Å²) in [4.78, 5) is 53.5. The van der Waals surface area contributed by atoms with E-state index in [4.69, 9.17) is 18.9 Å². The number of ether oxygens (including phenoxy) is 4. The van der Waals surface area contributed by atoms with Crippen LogP contribution in [0.15, 0.2) is 91.0 Å². The number of nitrogens with zero attached hydrogens (tertiary/aromatic N) is 1. The van der Waals surface area contributed by atoms with Gasteiger partial charge in [0.2, 0.25) is 0 Å². The van der Waals surface area contributed by atoms with Crippen molar-refractivity contribution in [1.82, 2.24) is 10.2 Å². The van der Waals surface area contributed by atoms with Crippen molar-refractivity contribution in [3.63, 3.8) is 0 Å². The minimum atomic E-state index is -1.30. The van der Waals surface area contributed by atoms with Crippen LogP contribution in [-0.2, 0) is 18.9 Å². The summed E-state index contributed by atoms with van der Waals surface area (Å²) < 4.78 is 23.5. The Bertz CT molecular complexity index is 1390. The highest BCUT2D eigenvalue weighted by Crippen LogP contribution is 2.32. The SMILES string of the molecule is O=C(OC[C@H]1O[C@@H](N2CCC(O)CNC2=O)[C@H](OC(=O)c2ccccc2)[C@@H]1OC(=O)c1ccccc1)c1ccccc1. The van der Waals surface area contributed by atoms with Crippen LogP contribution in [0.1, 0.15) is 37.5 Å². The maximum absolute atomic E-state index is 13.2. The average Bonchev–Trinajstić information content (AvgIpc) is 3.25.